The van der Waals surface area contributed by atoms with Crippen molar-refractivity contribution in [1.82, 2.24) is 5.32 Å². The lowest BCUT2D eigenvalue weighted by molar-refractivity contribution is -0.385. The fraction of sp³-hybridized carbons (Fsp3) is 0.0625. The fourth-order valence-electron chi connectivity index (χ4n) is 1.87. The van der Waals surface area contributed by atoms with Crippen LogP contribution >= 0.6 is 15.9 Å². The molecule has 2 aromatic carbocycles. The topological polar surface area (TPSA) is 95.3 Å². The molecule has 0 spiro atoms. The average molecular weight is 394 g/mol. The quantitative estimate of drug-likeness (QED) is 0.479. The lowest BCUT2D eigenvalue weighted by atomic mass is 10.1. The molecule has 0 aliphatic heterocycles. The molecule has 0 aliphatic carbocycles. The summed E-state index contributed by atoms with van der Waals surface area (Å²) >= 11 is 3.20. The predicted molar refractivity (Wildman–Crippen MR) is 87.5 cm³/mol. The number of nitro benzene ring substituents is 1. The van der Waals surface area contributed by atoms with Crippen molar-refractivity contribution in [2.45, 2.75) is 6.54 Å². The summed E-state index contributed by atoms with van der Waals surface area (Å²) in [6.07, 6.45) is 2.41. The maximum Gasteiger partial charge on any atom is 0.269 e. The zero-order valence-corrected chi connectivity index (χ0v) is 13.7. The van der Waals surface area contributed by atoms with Gasteiger partial charge in [-0.25, -0.2) is 4.39 Å². The Hall–Kier alpha value is -2.74. The van der Waals surface area contributed by atoms with E-state index in [1.54, 1.807) is 0 Å². The molecule has 1 N–H and O–H groups in total. The van der Waals surface area contributed by atoms with Crippen LogP contribution in [0.2, 0.25) is 0 Å². The summed E-state index contributed by atoms with van der Waals surface area (Å²) in [4.78, 5) is 21.8. The molecule has 24 heavy (non-hydrogen) atoms. The number of carbonyl (C=O) groups is 1. The molecule has 2 rings (SSSR count). The van der Waals surface area contributed by atoms with Crippen LogP contribution < -0.4 is 10.4 Å². The third-order valence-corrected chi connectivity index (χ3v) is 3.57. The lowest BCUT2D eigenvalue weighted by Gasteiger charge is -2.12. The Morgan fingerprint density at radius 2 is 2.04 bits per heavy atom. The van der Waals surface area contributed by atoms with E-state index in [1.807, 2.05) is 0 Å². The zero-order chi connectivity index (χ0) is 17.7. The van der Waals surface area contributed by atoms with E-state index in [0.717, 1.165) is 24.3 Å². The molecule has 0 bridgehead atoms. The fourth-order valence-corrected chi connectivity index (χ4v) is 2.25. The molecular weight excluding hydrogens is 383 g/mol. The zero-order valence-electron chi connectivity index (χ0n) is 12.2. The van der Waals surface area contributed by atoms with Crippen LogP contribution in [0.3, 0.4) is 0 Å². The van der Waals surface area contributed by atoms with Gasteiger partial charge in [0.05, 0.1) is 4.92 Å². The first-order chi connectivity index (χ1) is 11.4. The van der Waals surface area contributed by atoms with Gasteiger partial charge in [-0.15, -0.1) is 5.75 Å². The minimum Gasteiger partial charge on any atom is -0.872 e. The Balaban J connectivity index is 2.03. The molecule has 0 saturated carbocycles. The molecule has 0 radical (unpaired) electrons. The van der Waals surface area contributed by atoms with Crippen molar-refractivity contribution in [3.63, 3.8) is 0 Å². The maximum absolute atomic E-state index is 13.5. The highest BCUT2D eigenvalue weighted by atomic mass is 79.9. The molecule has 0 unspecified atom stereocenters. The van der Waals surface area contributed by atoms with Crippen LogP contribution in [-0.4, -0.2) is 10.8 Å². The van der Waals surface area contributed by atoms with E-state index in [1.165, 1.54) is 24.3 Å². The Labute approximate surface area is 144 Å². The summed E-state index contributed by atoms with van der Waals surface area (Å²) in [6.45, 7) is -0.162. The standard InChI is InChI=1S/C16H12BrFN2O4/c17-12-2-4-14(18)10(7-12)1-6-16(22)19-9-11-8-13(20(23)24)3-5-15(11)21/h1-8,21H,9H2,(H,19,22)/p-1/b6-1+. The van der Waals surface area contributed by atoms with Crippen LogP contribution in [0.1, 0.15) is 11.1 Å². The molecule has 124 valence electrons. The van der Waals surface area contributed by atoms with Gasteiger partial charge >= 0.3 is 0 Å². The molecule has 8 heteroatoms. The molecule has 0 fully saturated rings. The first kappa shape index (κ1) is 17.6. The maximum atomic E-state index is 13.5. The van der Waals surface area contributed by atoms with E-state index in [2.05, 4.69) is 21.2 Å². The number of rotatable bonds is 5. The van der Waals surface area contributed by atoms with Crippen LogP contribution in [0.5, 0.6) is 5.75 Å². The largest absolute Gasteiger partial charge is 0.872 e. The molecule has 0 aliphatic rings. The summed E-state index contributed by atoms with van der Waals surface area (Å²) in [6, 6.07) is 7.59. The van der Waals surface area contributed by atoms with Crippen molar-refractivity contribution in [3.8, 4) is 5.75 Å². The molecule has 0 heterocycles. The predicted octanol–water partition coefficient (Wildman–Crippen LogP) is 2.90. The second-order valence-electron chi connectivity index (χ2n) is 4.77. The van der Waals surface area contributed by atoms with Gasteiger partial charge in [-0.2, -0.15) is 0 Å². The van der Waals surface area contributed by atoms with E-state index in [-0.39, 0.29) is 23.4 Å². The number of hydrogen-bond donors (Lipinski definition) is 1. The number of carbonyl (C=O) groups excluding carboxylic acids is 1. The molecule has 0 atom stereocenters. The lowest BCUT2D eigenvalue weighted by Crippen LogP contribution is -2.21. The number of hydrogen-bond acceptors (Lipinski definition) is 4. The van der Waals surface area contributed by atoms with Crippen molar-refractivity contribution < 1.29 is 19.2 Å². The normalized spacial score (nSPS) is 10.8. The van der Waals surface area contributed by atoms with E-state index < -0.39 is 22.4 Å². The molecular formula is C16H11BrFN2O4-. The number of non-ortho nitro benzene ring substituents is 1. The van der Waals surface area contributed by atoms with Gasteiger partial charge in [-0.1, -0.05) is 22.0 Å². The number of nitrogens with one attached hydrogen (secondary N) is 1. The Morgan fingerprint density at radius 1 is 1.29 bits per heavy atom. The Morgan fingerprint density at radius 3 is 2.75 bits per heavy atom. The highest BCUT2D eigenvalue weighted by Gasteiger charge is 2.07. The number of amides is 1. The SMILES string of the molecule is O=C(/C=C/c1cc(Br)ccc1F)NCc1cc([N+](=O)[O-])ccc1[O-]. The number of benzene rings is 2. The van der Waals surface area contributed by atoms with Crippen molar-refractivity contribution in [2.24, 2.45) is 0 Å². The third-order valence-electron chi connectivity index (χ3n) is 3.08. The van der Waals surface area contributed by atoms with Gasteiger partial charge in [0, 0.05) is 34.8 Å². The Bertz CT molecular complexity index is 824. The second-order valence-corrected chi connectivity index (χ2v) is 5.68. The van der Waals surface area contributed by atoms with E-state index in [4.69, 9.17) is 0 Å². The average Bonchev–Trinajstić information content (AvgIpc) is 2.54. The summed E-state index contributed by atoms with van der Waals surface area (Å²) in [5.74, 6) is -1.45. The van der Waals surface area contributed by atoms with Gasteiger partial charge in [0.25, 0.3) is 5.69 Å². The second kappa shape index (κ2) is 7.69. The van der Waals surface area contributed by atoms with Crippen LogP contribution in [0.4, 0.5) is 10.1 Å². The van der Waals surface area contributed by atoms with Crippen LogP contribution in [0, 0.1) is 15.9 Å². The summed E-state index contributed by atoms with van der Waals surface area (Å²) < 4.78 is 14.2. The molecule has 0 aromatic heterocycles. The first-order valence-corrected chi connectivity index (χ1v) is 7.51. The molecule has 2 aromatic rings. The van der Waals surface area contributed by atoms with Crippen molar-refractivity contribution in [1.29, 1.82) is 0 Å². The highest BCUT2D eigenvalue weighted by molar-refractivity contribution is 9.10. The van der Waals surface area contributed by atoms with Gasteiger partial charge in [-0.3, -0.25) is 14.9 Å². The third kappa shape index (κ3) is 4.63. The minimum atomic E-state index is -0.624. The van der Waals surface area contributed by atoms with E-state index in [0.29, 0.717) is 4.47 Å². The van der Waals surface area contributed by atoms with Crippen LogP contribution in [0.25, 0.3) is 6.08 Å². The minimum absolute atomic E-state index is 0.0968. The first-order valence-electron chi connectivity index (χ1n) is 6.72. The molecule has 1 amide bonds. The van der Waals surface area contributed by atoms with Gasteiger partial charge in [0.1, 0.15) is 5.82 Å². The van der Waals surface area contributed by atoms with Crippen LogP contribution in [-0.2, 0) is 11.3 Å². The van der Waals surface area contributed by atoms with E-state index in [9.17, 15) is 24.4 Å². The van der Waals surface area contributed by atoms with Crippen molar-refractivity contribution in [3.05, 3.63) is 74.0 Å². The smallest absolute Gasteiger partial charge is 0.269 e. The van der Waals surface area contributed by atoms with Crippen molar-refractivity contribution in [2.75, 3.05) is 0 Å². The summed E-state index contributed by atoms with van der Waals surface area (Å²) in [7, 11) is 0. The van der Waals surface area contributed by atoms with Crippen LogP contribution in [0.15, 0.2) is 46.9 Å². The van der Waals surface area contributed by atoms with Gasteiger partial charge in [0.15, 0.2) is 0 Å². The molecule has 6 nitrogen and oxygen atoms in total. The highest BCUT2D eigenvalue weighted by Crippen LogP contribution is 2.20. The van der Waals surface area contributed by atoms with Gasteiger partial charge in [-0.05, 0) is 29.8 Å². The van der Waals surface area contributed by atoms with Gasteiger partial charge in [0.2, 0.25) is 5.91 Å². The van der Waals surface area contributed by atoms with Crippen molar-refractivity contribution >= 4 is 33.6 Å². The Kier molecular flexibility index (Phi) is 5.64. The van der Waals surface area contributed by atoms with Gasteiger partial charge < -0.3 is 10.4 Å². The summed E-state index contributed by atoms with van der Waals surface area (Å²) in [5.41, 5.74) is 0.0876. The molecule has 0 saturated heterocycles. The number of halogens is 2. The number of nitrogens with zero attached hydrogens (tertiary/aromatic N) is 1. The van der Waals surface area contributed by atoms with E-state index >= 15 is 0 Å². The monoisotopic (exact) mass is 393 g/mol. The summed E-state index contributed by atoms with van der Waals surface area (Å²) in [5, 5.41) is 24.7. The number of nitro groups is 1.